The zero-order valence-electron chi connectivity index (χ0n) is 8.20. The van der Waals surface area contributed by atoms with Crippen molar-refractivity contribution < 1.29 is 4.39 Å². The number of nitrogens with one attached hydrogen (secondary N) is 1. The quantitative estimate of drug-likeness (QED) is 0.767. The van der Waals surface area contributed by atoms with E-state index in [9.17, 15) is 4.39 Å². The molecule has 76 valence electrons. The average molecular weight is 195 g/mol. The molecule has 0 spiro atoms. The van der Waals surface area contributed by atoms with Crippen molar-refractivity contribution in [2.45, 2.75) is 12.3 Å². The largest absolute Gasteiger partial charge is 0.261 e. The molecule has 0 unspecified atom stereocenters. The molecule has 1 N–H and O–H groups in total. The Balaban J connectivity index is 2.09. The number of aromatic nitrogens is 1. The predicted molar refractivity (Wildman–Crippen MR) is 52.2 cm³/mol. The molecule has 1 aliphatic heterocycles. The topological polar surface area (TPSA) is 28.2 Å². The normalized spacial score (nSPS) is 22.9. The highest BCUT2D eigenvalue weighted by Gasteiger charge is 2.23. The highest BCUT2D eigenvalue weighted by molar-refractivity contribution is 5.17. The molecule has 4 heteroatoms. The Morgan fingerprint density at radius 3 is 3.07 bits per heavy atom. The molecule has 0 aliphatic carbocycles. The molecule has 2 rings (SSSR count). The van der Waals surface area contributed by atoms with E-state index in [0.29, 0.717) is 5.92 Å². The third-order valence-corrected chi connectivity index (χ3v) is 2.70. The summed E-state index contributed by atoms with van der Waals surface area (Å²) in [5, 5.41) is 2.13. The van der Waals surface area contributed by atoms with Gasteiger partial charge >= 0.3 is 0 Å². The Morgan fingerprint density at radius 1 is 1.57 bits per heavy atom. The number of rotatable bonds is 2. The molecule has 1 fully saturated rings. The minimum absolute atomic E-state index is 0.245. The Bertz CT molecular complexity index is 316. The van der Waals surface area contributed by atoms with E-state index >= 15 is 0 Å². The molecule has 3 nitrogen and oxygen atoms in total. The van der Waals surface area contributed by atoms with Crippen molar-refractivity contribution in [1.82, 2.24) is 15.4 Å². The fourth-order valence-corrected chi connectivity index (χ4v) is 1.89. The van der Waals surface area contributed by atoms with Crippen molar-refractivity contribution in [2.24, 2.45) is 0 Å². The summed E-state index contributed by atoms with van der Waals surface area (Å²) in [7, 11) is 1.91. The van der Waals surface area contributed by atoms with Crippen LogP contribution in [0.1, 0.15) is 17.9 Å². The maximum absolute atomic E-state index is 12.9. The van der Waals surface area contributed by atoms with Crippen molar-refractivity contribution in [3.8, 4) is 0 Å². The fraction of sp³-hybridized carbons (Fsp3) is 0.500. The smallest absolute Gasteiger partial charge is 0.141 e. The van der Waals surface area contributed by atoms with E-state index in [-0.39, 0.29) is 5.82 Å². The first kappa shape index (κ1) is 9.55. The third-order valence-electron chi connectivity index (χ3n) is 2.70. The summed E-state index contributed by atoms with van der Waals surface area (Å²) in [6.45, 7) is 1.94. The third kappa shape index (κ3) is 1.91. The Hall–Kier alpha value is -1.00. The van der Waals surface area contributed by atoms with E-state index in [2.05, 4.69) is 15.4 Å². The average Bonchev–Trinajstić information content (AvgIpc) is 2.66. The second-order valence-corrected chi connectivity index (χ2v) is 3.59. The van der Waals surface area contributed by atoms with Crippen LogP contribution in [0, 0.1) is 5.82 Å². The van der Waals surface area contributed by atoms with E-state index in [4.69, 9.17) is 0 Å². The van der Waals surface area contributed by atoms with Crippen LogP contribution in [-0.4, -0.2) is 30.1 Å². The molecule has 1 saturated heterocycles. The molecule has 0 radical (unpaired) electrons. The van der Waals surface area contributed by atoms with Crippen LogP contribution in [0.15, 0.2) is 18.5 Å². The molecule has 14 heavy (non-hydrogen) atoms. The van der Waals surface area contributed by atoms with Crippen LogP contribution >= 0.6 is 0 Å². The second-order valence-electron chi connectivity index (χ2n) is 3.59. The predicted octanol–water partition coefficient (Wildman–Crippen LogP) is 1.14. The van der Waals surface area contributed by atoms with Gasteiger partial charge in [0.1, 0.15) is 5.82 Å². The standard InChI is InChI=1S/C10H14FN3/c1-12-14-3-2-8(7-14)9-4-10(11)6-13-5-9/h4-6,8,12H,2-3,7H2,1H3/t8-/m1/s1. The van der Waals surface area contributed by atoms with Crippen LogP contribution in [0.2, 0.25) is 0 Å². The van der Waals surface area contributed by atoms with Crippen LogP contribution in [-0.2, 0) is 0 Å². The summed E-state index contributed by atoms with van der Waals surface area (Å²) in [5.41, 5.74) is 4.10. The highest BCUT2D eigenvalue weighted by Crippen LogP contribution is 2.25. The van der Waals surface area contributed by atoms with E-state index in [0.717, 1.165) is 25.1 Å². The maximum atomic E-state index is 12.9. The van der Waals surface area contributed by atoms with Crippen LogP contribution in [0.25, 0.3) is 0 Å². The van der Waals surface area contributed by atoms with Gasteiger partial charge in [-0.3, -0.25) is 10.4 Å². The van der Waals surface area contributed by atoms with E-state index in [1.807, 2.05) is 7.05 Å². The Labute approximate surface area is 82.9 Å². The molecule has 2 heterocycles. The van der Waals surface area contributed by atoms with E-state index < -0.39 is 0 Å². The minimum Gasteiger partial charge on any atom is -0.261 e. The summed E-state index contributed by atoms with van der Waals surface area (Å²) < 4.78 is 12.9. The number of hydrazine groups is 1. The summed E-state index contributed by atoms with van der Waals surface area (Å²) in [6, 6.07) is 1.58. The van der Waals surface area contributed by atoms with Gasteiger partial charge in [-0.1, -0.05) is 0 Å². The minimum atomic E-state index is -0.245. The number of halogens is 1. The highest BCUT2D eigenvalue weighted by atomic mass is 19.1. The van der Waals surface area contributed by atoms with Gasteiger partial charge in [0.05, 0.1) is 6.20 Å². The summed E-state index contributed by atoms with van der Waals surface area (Å²) >= 11 is 0. The van der Waals surface area contributed by atoms with Crippen LogP contribution in [0.5, 0.6) is 0 Å². The lowest BCUT2D eigenvalue weighted by atomic mass is 10.0. The van der Waals surface area contributed by atoms with Gasteiger partial charge in [-0.15, -0.1) is 0 Å². The van der Waals surface area contributed by atoms with Crippen molar-refractivity contribution in [3.63, 3.8) is 0 Å². The lowest BCUT2D eigenvalue weighted by Gasteiger charge is -2.13. The number of nitrogens with zero attached hydrogens (tertiary/aromatic N) is 2. The van der Waals surface area contributed by atoms with Gasteiger partial charge in [0.25, 0.3) is 0 Å². The van der Waals surface area contributed by atoms with E-state index in [1.165, 1.54) is 6.20 Å². The molecular weight excluding hydrogens is 181 g/mol. The van der Waals surface area contributed by atoms with Gasteiger partial charge in [0, 0.05) is 25.2 Å². The second kappa shape index (κ2) is 4.02. The van der Waals surface area contributed by atoms with Crippen molar-refractivity contribution in [2.75, 3.05) is 20.1 Å². The number of hydrogen-bond donors (Lipinski definition) is 1. The molecular formula is C10H14FN3. The SMILES string of the molecule is CNN1CC[C@@H](c2cncc(F)c2)C1. The Morgan fingerprint density at radius 2 is 2.43 bits per heavy atom. The van der Waals surface area contributed by atoms with Gasteiger partial charge in [-0.25, -0.2) is 9.40 Å². The molecule has 1 atom stereocenters. The van der Waals surface area contributed by atoms with Crippen LogP contribution in [0.4, 0.5) is 4.39 Å². The zero-order valence-corrected chi connectivity index (χ0v) is 8.20. The first-order valence-electron chi connectivity index (χ1n) is 4.82. The summed E-state index contributed by atoms with van der Waals surface area (Å²) in [6.07, 6.45) is 4.06. The van der Waals surface area contributed by atoms with Crippen LogP contribution in [0.3, 0.4) is 0 Å². The lowest BCUT2D eigenvalue weighted by molar-refractivity contribution is 0.258. The lowest BCUT2D eigenvalue weighted by Crippen LogP contribution is -2.32. The molecule has 0 bridgehead atoms. The zero-order chi connectivity index (χ0) is 9.97. The van der Waals surface area contributed by atoms with Crippen LogP contribution < -0.4 is 5.43 Å². The number of pyridine rings is 1. The summed E-state index contributed by atoms with van der Waals surface area (Å²) in [5.74, 6) is 0.163. The maximum Gasteiger partial charge on any atom is 0.141 e. The fourth-order valence-electron chi connectivity index (χ4n) is 1.89. The molecule has 1 aliphatic rings. The van der Waals surface area contributed by atoms with Crippen molar-refractivity contribution in [3.05, 3.63) is 29.8 Å². The molecule has 0 saturated carbocycles. The van der Waals surface area contributed by atoms with Gasteiger partial charge in [0.15, 0.2) is 0 Å². The molecule has 0 aromatic carbocycles. The summed E-state index contributed by atoms with van der Waals surface area (Å²) in [4.78, 5) is 3.87. The molecule has 1 aromatic rings. The van der Waals surface area contributed by atoms with Gasteiger partial charge in [-0.05, 0) is 25.1 Å². The van der Waals surface area contributed by atoms with Gasteiger partial charge < -0.3 is 0 Å². The first-order valence-corrected chi connectivity index (χ1v) is 4.82. The Kier molecular flexibility index (Phi) is 2.74. The first-order chi connectivity index (χ1) is 6.79. The van der Waals surface area contributed by atoms with Crippen molar-refractivity contribution in [1.29, 1.82) is 0 Å². The molecule has 0 amide bonds. The number of hydrogen-bond acceptors (Lipinski definition) is 3. The monoisotopic (exact) mass is 195 g/mol. The van der Waals surface area contributed by atoms with Crippen molar-refractivity contribution >= 4 is 0 Å². The van der Waals surface area contributed by atoms with Gasteiger partial charge in [-0.2, -0.15) is 0 Å². The molecule has 1 aromatic heterocycles. The van der Waals surface area contributed by atoms with E-state index in [1.54, 1.807) is 12.3 Å². The van der Waals surface area contributed by atoms with Gasteiger partial charge in [0.2, 0.25) is 0 Å².